The number of esters is 3. The highest BCUT2D eigenvalue weighted by molar-refractivity contribution is 6.67. The topological polar surface area (TPSA) is 257 Å². The standard InChI is InChI=1S/C61H64Cl4N4O17/c1-38(70)76-35-47-51(86-60(74)80-34-46-44-27-15-13-25-42(44)43-26-14-16-28-45(43)46)53(78-32-39-19-7-4-8-20-39)50(68-69-66)57(82-47)85-52-48(36-77-49(71)31-62)83-58(75-30-18-3-2-17-29-67-59(73)81-37-61(63,64)65)55(84-56(72)41-23-11-6-12-24-41)54(52)79-33-40-21-9-5-10-22-40/h4-16,19-28,46-48,50-55,57-58H,2-3,17-18,29-37H2,1H3,(H,67,73). The highest BCUT2D eigenvalue weighted by Gasteiger charge is 2.56. The van der Waals surface area contributed by atoms with E-state index in [0.717, 1.165) is 22.3 Å². The van der Waals surface area contributed by atoms with Gasteiger partial charge in [-0.15, -0.1) is 11.6 Å². The molecular formula is C61H64Cl4N4O17. The first-order chi connectivity index (χ1) is 41.7. The molecule has 86 heavy (non-hydrogen) atoms. The fraction of sp³-hybridized carbons (Fsp3) is 0.426. The molecule has 0 aromatic heterocycles. The third-order valence-electron chi connectivity index (χ3n) is 14.0. The van der Waals surface area contributed by atoms with Gasteiger partial charge in [0.2, 0.25) is 3.79 Å². The van der Waals surface area contributed by atoms with E-state index in [9.17, 15) is 29.5 Å². The van der Waals surface area contributed by atoms with Crippen LogP contribution in [-0.4, -0.2) is 141 Å². The average molecular weight is 1270 g/mol. The second-order valence-corrected chi connectivity index (χ2v) is 22.8. The number of hydrogen-bond acceptors (Lipinski definition) is 18. The molecule has 21 nitrogen and oxygen atoms in total. The zero-order valence-corrected chi connectivity index (χ0v) is 49.6. The van der Waals surface area contributed by atoms with Crippen LogP contribution in [0.25, 0.3) is 21.6 Å². The Morgan fingerprint density at radius 1 is 0.605 bits per heavy atom. The highest BCUT2D eigenvalue weighted by atomic mass is 35.6. The van der Waals surface area contributed by atoms with Crippen LogP contribution in [0, 0.1) is 0 Å². The van der Waals surface area contributed by atoms with Gasteiger partial charge in [0.05, 0.1) is 18.8 Å². The van der Waals surface area contributed by atoms with Gasteiger partial charge in [0.1, 0.15) is 68.9 Å². The minimum Gasteiger partial charge on any atom is -0.463 e. The van der Waals surface area contributed by atoms with Gasteiger partial charge in [-0.25, -0.2) is 14.4 Å². The molecule has 10 unspecified atom stereocenters. The summed E-state index contributed by atoms with van der Waals surface area (Å²) in [7, 11) is 0. The van der Waals surface area contributed by atoms with Crippen LogP contribution >= 0.6 is 46.4 Å². The number of nitrogens with one attached hydrogen (secondary N) is 1. The van der Waals surface area contributed by atoms with Crippen molar-refractivity contribution in [2.24, 2.45) is 5.11 Å². The van der Waals surface area contributed by atoms with Crippen LogP contribution in [0.2, 0.25) is 0 Å². The van der Waals surface area contributed by atoms with Gasteiger partial charge in [0.15, 0.2) is 24.8 Å². The first kappa shape index (κ1) is 65.3. The Morgan fingerprint density at radius 3 is 1.79 bits per heavy atom. The number of halogens is 4. The summed E-state index contributed by atoms with van der Waals surface area (Å²) >= 11 is 23.0. The van der Waals surface area contributed by atoms with Crippen molar-refractivity contribution in [3.05, 3.63) is 178 Å². The third-order valence-corrected chi connectivity index (χ3v) is 14.6. The lowest BCUT2D eigenvalue weighted by molar-refractivity contribution is -0.352. The van der Waals surface area contributed by atoms with E-state index in [0.29, 0.717) is 36.8 Å². The largest absolute Gasteiger partial charge is 0.508 e. The van der Waals surface area contributed by atoms with E-state index >= 15 is 0 Å². The number of nitrogens with zero attached hydrogens (tertiary/aromatic N) is 3. The fourth-order valence-corrected chi connectivity index (χ4v) is 10.3. The molecule has 2 aliphatic heterocycles. The molecule has 2 fully saturated rings. The lowest BCUT2D eigenvalue weighted by Crippen LogP contribution is -2.66. The van der Waals surface area contributed by atoms with Gasteiger partial charge in [-0.1, -0.05) is 180 Å². The molecule has 1 aliphatic carbocycles. The van der Waals surface area contributed by atoms with Gasteiger partial charge in [0.25, 0.3) is 0 Å². The number of alkyl carbamates (subject to hydrolysis) is 1. The maximum atomic E-state index is 14.3. The second-order valence-electron chi connectivity index (χ2n) is 20.0. The molecule has 25 heteroatoms. The average Bonchev–Trinajstić information content (AvgIpc) is 2.60. The SMILES string of the molecule is CC(=O)OCC1OC(OC2C(COC(=O)CCl)OC(OCCCCCCNC(=O)OCC(Cl)(Cl)Cl)C(OC(=O)c3ccccc3)C2OCc2ccccc2)C(N=[N+]=[N-])C(OCc2ccccc2)C1OC(=O)OCC1c2ccccc2-c2ccccc21. The zero-order chi connectivity index (χ0) is 60.8. The Labute approximate surface area is 516 Å². The van der Waals surface area contributed by atoms with Gasteiger partial charge in [0, 0.05) is 30.9 Å². The van der Waals surface area contributed by atoms with Gasteiger partial charge in [-0.2, -0.15) is 0 Å². The molecule has 1 N–H and O–H groups in total. The number of fused-ring (bicyclic) bond motifs is 3. The van der Waals surface area contributed by atoms with E-state index < -0.39 is 121 Å². The maximum absolute atomic E-state index is 14.3. The van der Waals surface area contributed by atoms with Crippen LogP contribution < -0.4 is 5.32 Å². The number of hydrogen-bond donors (Lipinski definition) is 1. The third kappa shape index (κ3) is 18.9. The van der Waals surface area contributed by atoms with Crippen molar-refractivity contribution in [3.8, 4) is 11.1 Å². The lowest BCUT2D eigenvalue weighted by Gasteiger charge is -2.49. The van der Waals surface area contributed by atoms with E-state index in [2.05, 4.69) is 15.3 Å². The quantitative estimate of drug-likeness (QED) is 0.00928. The first-order valence-corrected chi connectivity index (χ1v) is 29.4. The normalized spacial score (nSPS) is 22.4. The summed E-state index contributed by atoms with van der Waals surface area (Å²) in [5.74, 6) is -3.23. The van der Waals surface area contributed by atoms with E-state index in [-0.39, 0.29) is 44.5 Å². The van der Waals surface area contributed by atoms with Crippen LogP contribution in [0.1, 0.15) is 71.1 Å². The number of rotatable bonds is 28. The number of benzene rings is 5. The Balaban J connectivity index is 1.11. The Hall–Kier alpha value is -6.72. The van der Waals surface area contributed by atoms with Gasteiger partial charge < -0.3 is 62.2 Å². The molecule has 3 aliphatic rings. The van der Waals surface area contributed by atoms with E-state index in [1.165, 1.54) is 6.92 Å². The van der Waals surface area contributed by atoms with E-state index in [1.54, 1.807) is 66.7 Å². The molecule has 0 bridgehead atoms. The number of alkyl halides is 4. The summed E-state index contributed by atoms with van der Waals surface area (Å²) in [4.78, 5) is 69.2. The van der Waals surface area contributed by atoms with Crippen molar-refractivity contribution >= 4 is 76.6 Å². The number of azide groups is 1. The zero-order valence-electron chi connectivity index (χ0n) is 46.6. The van der Waals surface area contributed by atoms with Crippen molar-refractivity contribution in [1.29, 1.82) is 0 Å². The maximum Gasteiger partial charge on any atom is 0.508 e. The van der Waals surface area contributed by atoms with Crippen molar-refractivity contribution < 1.29 is 80.8 Å². The van der Waals surface area contributed by atoms with Crippen LogP contribution in [-0.2, 0) is 79.6 Å². The summed E-state index contributed by atoms with van der Waals surface area (Å²) in [5.41, 5.74) is 15.8. The summed E-state index contributed by atoms with van der Waals surface area (Å²) in [6.07, 6.45) is -12.8. The summed E-state index contributed by atoms with van der Waals surface area (Å²) < 4.78 is 72.8. The van der Waals surface area contributed by atoms with Gasteiger partial charge >= 0.3 is 30.2 Å². The molecular weight excluding hydrogens is 1200 g/mol. The lowest BCUT2D eigenvalue weighted by atomic mass is 9.95. The monoisotopic (exact) mass is 1260 g/mol. The van der Waals surface area contributed by atoms with E-state index in [1.807, 2.05) is 72.8 Å². The van der Waals surface area contributed by atoms with Gasteiger partial charge in [-0.3, -0.25) is 9.59 Å². The Bertz CT molecular complexity index is 3010. The van der Waals surface area contributed by atoms with Crippen molar-refractivity contribution in [2.45, 2.75) is 117 Å². The number of unbranched alkanes of at least 4 members (excludes halogenated alkanes) is 3. The molecule has 0 saturated carbocycles. The number of carbonyl (C=O) groups is 5. The molecule has 2 saturated heterocycles. The highest BCUT2D eigenvalue weighted by Crippen LogP contribution is 2.45. The Morgan fingerprint density at radius 2 is 1.17 bits per heavy atom. The molecule has 10 atom stereocenters. The number of ether oxygens (including phenoxy) is 12. The fourth-order valence-electron chi connectivity index (χ4n) is 10.1. The minimum absolute atomic E-state index is 0.0436. The second kappa shape index (κ2) is 32.9. The molecule has 5 aromatic carbocycles. The molecule has 2 heterocycles. The molecule has 0 radical (unpaired) electrons. The summed E-state index contributed by atoms with van der Waals surface area (Å²) in [6, 6.07) is 40.2. The van der Waals surface area contributed by atoms with Crippen molar-refractivity contribution in [2.75, 3.05) is 45.5 Å². The van der Waals surface area contributed by atoms with E-state index in [4.69, 9.17) is 103 Å². The van der Waals surface area contributed by atoms with Gasteiger partial charge in [-0.05, 0) is 63.9 Å². The Kier molecular flexibility index (Phi) is 24.9. The minimum atomic E-state index is -1.76. The van der Waals surface area contributed by atoms with Crippen molar-refractivity contribution in [1.82, 2.24) is 5.32 Å². The molecule has 1 amide bonds. The van der Waals surface area contributed by atoms with Crippen LogP contribution in [0.5, 0.6) is 0 Å². The molecule has 0 spiro atoms. The smallest absolute Gasteiger partial charge is 0.463 e. The number of amides is 1. The van der Waals surface area contributed by atoms with Crippen LogP contribution in [0.4, 0.5) is 9.59 Å². The predicted molar refractivity (Wildman–Crippen MR) is 313 cm³/mol. The predicted octanol–water partition coefficient (Wildman–Crippen LogP) is 11.2. The van der Waals surface area contributed by atoms with Crippen LogP contribution in [0.3, 0.4) is 0 Å². The summed E-state index contributed by atoms with van der Waals surface area (Å²) in [5, 5.41) is 6.76. The number of carbonyl (C=O) groups excluding carboxylic acids is 5. The summed E-state index contributed by atoms with van der Waals surface area (Å²) in [6.45, 7) is -0.401. The molecule has 5 aromatic rings. The molecule has 8 rings (SSSR count). The van der Waals surface area contributed by atoms with Crippen molar-refractivity contribution in [3.63, 3.8) is 0 Å². The molecule has 458 valence electrons. The first-order valence-electron chi connectivity index (χ1n) is 27.7. The van der Waals surface area contributed by atoms with Crippen LogP contribution in [0.15, 0.2) is 145 Å².